The first-order valence-electron chi connectivity index (χ1n) is 3.68. The molecule has 0 unspecified atom stereocenters. The van der Waals surface area contributed by atoms with Crippen LogP contribution in [-0.4, -0.2) is 17.0 Å². The van der Waals surface area contributed by atoms with Crippen molar-refractivity contribution in [1.82, 2.24) is 0 Å². The lowest BCUT2D eigenvalue weighted by atomic mass is 10.3. The van der Waals surface area contributed by atoms with Gasteiger partial charge in [0.1, 0.15) is 0 Å². The number of nitrogens with two attached hydrogens (primary N) is 1. The van der Waals surface area contributed by atoms with E-state index in [2.05, 4.69) is 26.4 Å². The number of para-hydroxylation sites is 1. The lowest BCUT2D eigenvalue weighted by Crippen LogP contribution is -2.30. The number of carbonyl (C=O) groups excluding carboxylic acids is 1. The van der Waals surface area contributed by atoms with E-state index >= 15 is 0 Å². The van der Waals surface area contributed by atoms with Crippen LogP contribution < -0.4 is 11.1 Å². The number of rotatable bonds is 1. The van der Waals surface area contributed by atoms with E-state index in [1.807, 2.05) is 6.07 Å². The molecular weight excluding hydrogens is 250 g/mol. The number of amidine groups is 1. The highest BCUT2D eigenvalue weighted by molar-refractivity contribution is 9.10. The molecule has 1 aromatic carbocycles. The molecular formula is C8H8BrN3O2. The summed E-state index contributed by atoms with van der Waals surface area (Å²) in [5, 5.41) is 13.3. The van der Waals surface area contributed by atoms with Gasteiger partial charge in [-0.3, -0.25) is 4.79 Å². The second kappa shape index (κ2) is 4.61. The first-order chi connectivity index (χ1) is 6.65. The van der Waals surface area contributed by atoms with Crippen molar-refractivity contribution in [3.05, 3.63) is 28.7 Å². The van der Waals surface area contributed by atoms with E-state index in [1.165, 1.54) is 0 Å². The Bertz CT molecular complexity index is 379. The summed E-state index contributed by atoms with van der Waals surface area (Å²) in [6.45, 7) is 0. The number of anilines is 1. The summed E-state index contributed by atoms with van der Waals surface area (Å²) in [6, 6.07) is 7.02. The van der Waals surface area contributed by atoms with E-state index < -0.39 is 11.7 Å². The molecule has 0 bridgehead atoms. The Morgan fingerprint density at radius 1 is 1.50 bits per heavy atom. The van der Waals surface area contributed by atoms with Gasteiger partial charge in [-0.25, -0.2) is 0 Å². The number of halogens is 1. The number of amides is 1. The van der Waals surface area contributed by atoms with Gasteiger partial charge in [-0.05, 0) is 28.1 Å². The number of oxime groups is 1. The summed E-state index contributed by atoms with van der Waals surface area (Å²) in [6.07, 6.45) is 0. The Morgan fingerprint density at radius 3 is 2.71 bits per heavy atom. The van der Waals surface area contributed by atoms with Gasteiger partial charge in [0.05, 0.1) is 5.69 Å². The molecule has 0 saturated heterocycles. The Balaban J connectivity index is 2.80. The smallest absolute Gasteiger partial charge is 0.294 e. The third kappa shape index (κ3) is 2.46. The second-order valence-electron chi connectivity index (χ2n) is 2.42. The van der Waals surface area contributed by atoms with Crippen molar-refractivity contribution >= 4 is 33.4 Å². The molecule has 0 aliphatic heterocycles. The van der Waals surface area contributed by atoms with Gasteiger partial charge in [0.25, 0.3) is 5.91 Å². The minimum absolute atomic E-state index is 0.485. The summed E-state index contributed by atoms with van der Waals surface area (Å²) < 4.78 is 0.721. The maximum Gasteiger partial charge on any atom is 0.294 e. The summed E-state index contributed by atoms with van der Waals surface area (Å²) in [4.78, 5) is 11.1. The van der Waals surface area contributed by atoms with Gasteiger partial charge < -0.3 is 16.3 Å². The molecule has 1 rings (SSSR count). The van der Waals surface area contributed by atoms with E-state index in [0.717, 1.165) is 4.47 Å². The lowest BCUT2D eigenvalue weighted by molar-refractivity contribution is -0.110. The molecule has 0 atom stereocenters. The minimum atomic E-state index is -0.653. The fourth-order valence-electron chi connectivity index (χ4n) is 0.794. The van der Waals surface area contributed by atoms with Crippen LogP contribution in [0.3, 0.4) is 0 Å². The van der Waals surface area contributed by atoms with Crippen molar-refractivity contribution in [3.8, 4) is 0 Å². The largest absolute Gasteiger partial charge is 0.409 e. The molecule has 5 nitrogen and oxygen atoms in total. The predicted octanol–water partition coefficient (Wildman–Crippen LogP) is 1.13. The fraction of sp³-hybridized carbons (Fsp3) is 0. The van der Waals surface area contributed by atoms with Crippen LogP contribution in [0.15, 0.2) is 33.9 Å². The molecule has 14 heavy (non-hydrogen) atoms. The molecule has 0 aromatic heterocycles. The molecule has 0 fully saturated rings. The number of hydrogen-bond acceptors (Lipinski definition) is 3. The summed E-state index contributed by atoms with van der Waals surface area (Å²) in [5.41, 5.74) is 5.65. The SMILES string of the molecule is N/C(=N/O)C(=O)Nc1ccccc1Br. The molecule has 0 aliphatic carbocycles. The molecule has 74 valence electrons. The molecule has 0 saturated carbocycles. The number of benzene rings is 1. The van der Waals surface area contributed by atoms with Gasteiger partial charge in [-0.2, -0.15) is 0 Å². The second-order valence-corrected chi connectivity index (χ2v) is 3.27. The standard InChI is InChI=1S/C8H8BrN3O2/c9-5-3-1-2-4-6(5)11-8(13)7(10)12-14/h1-4,14H,(H2,10,12)(H,11,13). The summed E-state index contributed by atoms with van der Waals surface area (Å²) >= 11 is 3.24. The van der Waals surface area contributed by atoms with E-state index in [9.17, 15) is 4.79 Å². The van der Waals surface area contributed by atoms with Crippen LogP contribution in [-0.2, 0) is 4.79 Å². The van der Waals surface area contributed by atoms with E-state index in [-0.39, 0.29) is 0 Å². The summed E-state index contributed by atoms with van der Waals surface area (Å²) in [7, 11) is 0. The van der Waals surface area contributed by atoms with Crippen molar-refractivity contribution in [3.63, 3.8) is 0 Å². The van der Waals surface area contributed by atoms with Crippen LogP contribution in [0.1, 0.15) is 0 Å². The quantitative estimate of drug-likeness (QED) is 0.305. The Kier molecular flexibility index (Phi) is 3.47. The third-order valence-corrected chi connectivity index (χ3v) is 2.15. The van der Waals surface area contributed by atoms with Crippen molar-refractivity contribution in [2.45, 2.75) is 0 Å². The minimum Gasteiger partial charge on any atom is -0.409 e. The van der Waals surface area contributed by atoms with Crippen LogP contribution in [0.25, 0.3) is 0 Å². The first kappa shape index (κ1) is 10.5. The first-order valence-corrected chi connectivity index (χ1v) is 4.48. The molecule has 0 heterocycles. The molecule has 0 aliphatic rings. The average Bonchev–Trinajstić information content (AvgIpc) is 2.20. The summed E-state index contributed by atoms with van der Waals surface area (Å²) in [5.74, 6) is -1.14. The van der Waals surface area contributed by atoms with E-state index in [4.69, 9.17) is 10.9 Å². The molecule has 0 radical (unpaired) electrons. The molecule has 0 spiro atoms. The predicted molar refractivity (Wildman–Crippen MR) is 56.2 cm³/mol. The van der Waals surface area contributed by atoms with E-state index in [1.54, 1.807) is 18.2 Å². The van der Waals surface area contributed by atoms with Gasteiger partial charge in [0, 0.05) is 4.47 Å². The molecule has 1 amide bonds. The average molecular weight is 258 g/mol. The van der Waals surface area contributed by atoms with Gasteiger partial charge in [0.15, 0.2) is 0 Å². The maximum absolute atomic E-state index is 11.1. The van der Waals surface area contributed by atoms with Crippen molar-refractivity contribution < 1.29 is 10.0 Å². The van der Waals surface area contributed by atoms with Crippen LogP contribution in [0.2, 0.25) is 0 Å². The van der Waals surface area contributed by atoms with Gasteiger partial charge in [-0.15, -0.1) is 0 Å². The zero-order chi connectivity index (χ0) is 10.6. The Hall–Kier alpha value is -1.56. The zero-order valence-corrected chi connectivity index (χ0v) is 8.65. The normalized spacial score (nSPS) is 11.1. The van der Waals surface area contributed by atoms with Crippen LogP contribution >= 0.6 is 15.9 Å². The van der Waals surface area contributed by atoms with Crippen LogP contribution in [0, 0.1) is 0 Å². The van der Waals surface area contributed by atoms with Crippen molar-refractivity contribution in [2.24, 2.45) is 10.9 Å². The molecule has 6 heteroatoms. The van der Waals surface area contributed by atoms with Crippen LogP contribution in [0.5, 0.6) is 0 Å². The highest BCUT2D eigenvalue weighted by Crippen LogP contribution is 2.20. The van der Waals surface area contributed by atoms with Gasteiger partial charge in [-0.1, -0.05) is 17.3 Å². The topological polar surface area (TPSA) is 87.7 Å². The van der Waals surface area contributed by atoms with E-state index in [0.29, 0.717) is 5.69 Å². The monoisotopic (exact) mass is 257 g/mol. The highest BCUT2D eigenvalue weighted by Gasteiger charge is 2.08. The molecule has 1 aromatic rings. The number of carbonyl (C=O) groups is 1. The zero-order valence-electron chi connectivity index (χ0n) is 7.07. The fourth-order valence-corrected chi connectivity index (χ4v) is 1.18. The van der Waals surface area contributed by atoms with Crippen molar-refractivity contribution in [1.29, 1.82) is 0 Å². The van der Waals surface area contributed by atoms with Crippen molar-refractivity contribution in [2.75, 3.05) is 5.32 Å². The maximum atomic E-state index is 11.1. The third-order valence-electron chi connectivity index (χ3n) is 1.46. The Morgan fingerprint density at radius 2 is 2.14 bits per heavy atom. The number of nitrogens with one attached hydrogen (secondary N) is 1. The van der Waals surface area contributed by atoms with Gasteiger partial charge in [0.2, 0.25) is 5.84 Å². The number of hydrogen-bond donors (Lipinski definition) is 3. The molecule has 4 N–H and O–H groups in total. The van der Waals surface area contributed by atoms with Gasteiger partial charge >= 0.3 is 0 Å². The highest BCUT2D eigenvalue weighted by atomic mass is 79.9. The van der Waals surface area contributed by atoms with Crippen LogP contribution in [0.4, 0.5) is 5.69 Å². The number of nitrogens with zero attached hydrogens (tertiary/aromatic N) is 1. The lowest BCUT2D eigenvalue weighted by Gasteiger charge is -2.04. The Labute approximate surface area is 88.7 Å².